The minimum Gasteiger partial charge on any atom is -0.379 e. The molecule has 3 heteroatoms. The molecule has 0 aliphatic rings. The van der Waals surface area contributed by atoms with Crippen LogP contribution in [0.4, 0.5) is 0 Å². The smallest absolute Gasteiger partial charge is 0.106 e. The highest BCUT2D eigenvalue weighted by Gasteiger charge is 2.14. The van der Waals surface area contributed by atoms with E-state index in [0.29, 0.717) is 0 Å². The predicted octanol–water partition coefficient (Wildman–Crippen LogP) is 9.74. The van der Waals surface area contributed by atoms with Crippen molar-refractivity contribution in [2.75, 3.05) is 6.54 Å². The second kappa shape index (κ2) is 27.5. The second-order valence-corrected chi connectivity index (χ2v) is 11.0. The van der Waals surface area contributed by atoms with E-state index >= 15 is 0 Å². The van der Waals surface area contributed by atoms with Crippen LogP contribution < -0.4 is 0 Å². The van der Waals surface area contributed by atoms with Gasteiger partial charge in [-0.15, -0.1) is 0 Å². The molecule has 0 aromatic rings. The molecule has 2 atom stereocenters. The van der Waals surface area contributed by atoms with Crippen molar-refractivity contribution in [1.82, 2.24) is 4.90 Å². The lowest BCUT2D eigenvalue weighted by Crippen LogP contribution is -2.40. The lowest BCUT2D eigenvalue weighted by atomic mass is 10.0. The monoisotopic (exact) mass is 484 g/mol. The van der Waals surface area contributed by atoms with Gasteiger partial charge in [0.1, 0.15) is 12.5 Å². The van der Waals surface area contributed by atoms with E-state index in [1.54, 1.807) is 18.7 Å². The van der Waals surface area contributed by atoms with Crippen LogP contribution in [0.1, 0.15) is 181 Å². The Bertz CT molecular complexity index is 364. The van der Waals surface area contributed by atoms with Gasteiger partial charge in [0.2, 0.25) is 0 Å². The summed E-state index contributed by atoms with van der Waals surface area (Å²) in [6.45, 7) is 6.54. The predicted molar refractivity (Wildman–Crippen MR) is 151 cm³/mol. The zero-order valence-corrected chi connectivity index (χ0v) is 23.9. The van der Waals surface area contributed by atoms with Crippen LogP contribution in [0.3, 0.4) is 0 Å². The van der Waals surface area contributed by atoms with Crippen molar-refractivity contribution in [3.8, 4) is 0 Å². The molecule has 0 rings (SSSR count). The van der Waals surface area contributed by atoms with Crippen molar-refractivity contribution in [1.29, 1.82) is 0 Å². The molecular weight excluding hydrogens is 418 g/mol. The molecule has 0 aromatic heterocycles. The number of rotatable bonds is 28. The molecule has 3 nitrogen and oxygen atoms in total. The van der Waals surface area contributed by atoms with E-state index in [1.807, 2.05) is 0 Å². The first-order chi connectivity index (χ1) is 16.6. The van der Waals surface area contributed by atoms with Crippen LogP contribution >= 0.6 is 0 Å². The minimum absolute atomic E-state index is 0.561. The summed E-state index contributed by atoms with van der Waals surface area (Å²) in [6, 6.07) is 0. The van der Waals surface area contributed by atoms with Gasteiger partial charge in [-0.2, -0.15) is 0 Å². The van der Waals surface area contributed by atoms with Crippen LogP contribution in [0.5, 0.6) is 0 Å². The second-order valence-electron chi connectivity index (χ2n) is 11.0. The van der Waals surface area contributed by atoms with Gasteiger partial charge in [0.25, 0.3) is 0 Å². The summed E-state index contributed by atoms with van der Waals surface area (Å²) in [5, 5.41) is 19.3. The van der Waals surface area contributed by atoms with E-state index in [-0.39, 0.29) is 0 Å². The SMILES string of the molecule is CCCCCCCCCCCCCCCCCCCCCCCCCCCN(C(C)O)C(C)O. The number of unbranched alkanes of at least 4 members (excludes halogenated alkanes) is 24. The van der Waals surface area contributed by atoms with Crippen molar-refractivity contribution in [3.05, 3.63) is 0 Å². The molecule has 0 saturated heterocycles. The van der Waals surface area contributed by atoms with Gasteiger partial charge in [-0.05, 0) is 20.3 Å². The average molecular weight is 484 g/mol. The Morgan fingerprint density at radius 3 is 0.794 bits per heavy atom. The van der Waals surface area contributed by atoms with E-state index in [2.05, 4.69) is 6.92 Å². The number of hydrogen-bond donors (Lipinski definition) is 2. The summed E-state index contributed by atoms with van der Waals surface area (Å²) in [6.07, 6.45) is 34.1. The van der Waals surface area contributed by atoms with Gasteiger partial charge in [0.15, 0.2) is 0 Å². The third-order valence-electron chi connectivity index (χ3n) is 7.48. The van der Waals surface area contributed by atoms with Gasteiger partial charge in [0.05, 0.1) is 0 Å². The molecule has 206 valence electrons. The Kier molecular flexibility index (Phi) is 27.4. The van der Waals surface area contributed by atoms with Gasteiger partial charge in [-0.1, -0.05) is 161 Å². The molecule has 0 radical (unpaired) electrons. The van der Waals surface area contributed by atoms with Crippen LogP contribution in [-0.2, 0) is 0 Å². The van der Waals surface area contributed by atoms with Crippen LogP contribution in [0.15, 0.2) is 0 Å². The van der Waals surface area contributed by atoms with Gasteiger partial charge in [-0.3, -0.25) is 4.90 Å². The molecule has 2 N–H and O–H groups in total. The summed E-state index contributed by atoms with van der Waals surface area (Å²) in [5.41, 5.74) is 0. The standard InChI is InChI=1S/C31H65NO2/c1-4-5-6-7-8-9-10-11-12-13-14-15-16-17-18-19-20-21-22-23-24-25-26-27-28-29-32(30(2)33)31(3)34/h30-31,33-34H,4-29H2,1-3H3. The summed E-state index contributed by atoms with van der Waals surface area (Å²) < 4.78 is 0. The van der Waals surface area contributed by atoms with Crippen molar-refractivity contribution < 1.29 is 10.2 Å². The van der Waals surface area contributed by atoms with Gasteiger partial charge < -0.3 is 10.2 Å². The minimum atomic E-state index is -0.561. The largest absolute Gasteiger partial charge is 0.379 e. The molecule has 2 unspecified atom stereocenters. The zero-order chi connectivity index (χ0) is 25.1. The molecular formula is C31H65NO2. The van der Waals surface area contributed by atoms with Crippen LogP contribution in [0.25, 0.3) is 0 Å². The van der Waals surface area contributed by atoms with E-state index < -0.39 is 12.5 Å². The third kappa shape index (κ3) is 25.0. The molecule has 0 bridgehead atoms. The lowest BCUT2D eigenvalue weighted by molar-refractivity contribution is -0.0844. The average Bonchev–Trinajstić information content (AvgIpc) is 2.80. The summed E-state index contributed by atoms with van der Waals surface area (Å²) in [7, 11) is 0. The van der Waals surface area contributed by atoms with Crippen LogP contribution in [-0.4, -0.2) is 34.1 Å². The number of aliphatic hydroxyl groups excluding tert-OH is 2. The molecule has 0 heterocycles. The van der Waals surface area contributed by atoms with E-state index in [4.69, 9.17) is 0 Å². The number of aliphatic hydroxyl groups is 2. The number of hydrogen-bond acceptors (Lipinski definition) is 3. The Hall–Kier alpha value is -0.120. The molecule has 34 heavy (non-hydrogen) atoms. The zero-order valence-electron chi connectivity index (χ0n) is 23.9. The van der Waals surface area contributed by atoms with Crippen LogP contribution in [0, 0.1) is 0 Å². The fraction of sp³-hybridized carbons (Fsp3) is 1.00. The molecule has 0 fully saturated rings. The molecule has 0 aliphatic heterocycles. The molecule has 0 amide bonds. The van der Waals surface area contributed by atoms with Crippen molar-refractivity contribution in [2.24, 2.45) is 0 Å². The summed E-state index contributed by atoms with van der Waals surface area (Å²) in [4.78, 5) is 1.75. The Balaban J connectivity index is 3.13. The third-order valence-corrected chi connectivity index (χ3v) is 7.48. The fourth-order valence-electron chi connectivity index (χ4n) is 5.12. The van der Waals surface area contributed by atoms with Gasteiger partial charge >= 0.3 is 0 Å². The highest BCUT2D eigenvalue weighted by atomic mass is 16.3. The molecule has 0 spiro atoms. The lowest BCUT2D eigenvalue weighted by Gasteiger charge is -2.27. The topological polar surface area (TPSA) is 43.7 Å². The Morgan fingerprint density at radius 2 is 0.588 bits per heavy atom. The van der Waals surface area contributed by atoms with E-state index in [9.17, 15) is 10.2 Å². The quantitative estimate of drug-likeness (QED) is 0.0859. The van der Waals surface area contributed by atoms with E-state index in [1.165, 1.54) is 154 Å². The maximum atomic E-state index is 9.64. The molecule has 0 aromatic carbocycles. The van der Waals surface area contributed by atoms with Gasteiger partial charge in [0, 0.05) is 6.54 Å². The Labute approximate surface area is 215 Å². The van der Waals surface area contributed by atoms with Crippen molar-refractivity contribution in [2.45, 2.75) is 194 Å². The normalized spacial score (nSPS) is 13.6. The van der Waals surface area contributed by atoms with Crippen molar-refractivity contribution >= 4 is 0 Å². The summed E-state index contributed by atoms with van der Waals surface area (Å²) in [5.74, 6) is 0. The molecule has 0 saturated carbocycles. The maximum absolute atomic E-state index is 9.64. The maximum Gasteiger partial charge on any atom is 0.106 e. The highest BCUT2D eigenvalue weighted by Crippen LogP contribution is 2.16. The van der Waals surface area contributed by atoms with Gasteiger partial charge in [-0.25, -0.2) is 0 Å². The first-order valence-electron chi connectivity index (χ1n) is 15.7. The highest BCUT2D eigenvalue weighted by molar-refractivity contribution is 4.59. The Morgan fingerprint density at radius 1 is 0.382 bits per heavy atom. The summed E-state index contributed by atoms with van der Waals surface area (Å²) >= 11 is 0. The van der Waals surface area contributed by atoms with E-state index in [0.717, 1.165) is 13.0 Å². The first-order valence-corrected chi connectivity index (χ1v) is 15.7. The first kappa shape index (κ1) is 33.9. The van der Waals surface area contributed by atoms with Crippen LogP contribution in [0.2, 0.25) is 0 Å². The fourth-order valence-corrected chi connectivity index (χ4v) is 5.12. The molecule has 0 aliphatic carbocycles. The van der Waals surface area contributed by atoms with Crippen molar-refractivity contribution in [3.63, 3.8) is 0 Å². The number of nitrogens with zero attached hydrogens (tertiary/aromatic N) is 1.